The van der Waals surface area contributed by atoms with Crippen molar-refractivity contribution in [1.29, 1.82) is 0 Å². The van der Waals surface area contributed by atoms with E-state index in [4.69, 9.17) is 4.43 Å². The first-order valence-electron chi connectivity index (χ1n) is 8.92. The number of hydrogen-bond donors (Lipinski definition) is 0. The molecule has 1 aliphatic heterocycles. The molecule has 0 saturated carbocycles. The van der Waals surface area contributed by atoms with Crippen LogP contribution in [0.3, 0.4) is 0 Å². The van der Waals surface area contributed by atoms with Gasteiger partial charge in [-0.05, 0) is 15.6 Å². The summed E-state index contributed by atoms with van der Waals surface area (Å²) in [5.41, 5.74) is 0. The van der Waals surface area contributed by atoms with Crippen molar-refractivity contribution in [2.45, 2.75) is 0 Å². The van der Waals surface area contributed by atoms with Crippen molar-refractivity contribution < 1.29 is 4.43 Å². The molecule has 0 aromatic heterocycles. The second kappa shape index (κ2) is 7.36. The Hall–Kier alpha value is -2.20. The standard InChI is InChI=1S/C22H23NOSi/c1-4-10-20(11-5-1)25(21-12-6-2-7-13-21,22-14-8-3-9-15-22)24-19-18-23-16-17-23/h1-15H,16-19H2. The minimum atomic E-state index is -2.49. The molecule has 0 radical (unpaired) electrons. The first kappa shape index (κ1) is 16.3. The first-order chi connectivity index (χ1) is 12.4. The maximum atomic E-state index is 6.84. The predicted octanol–water partition coefficient (Wildman–Crippen LogP) is 1.99. The van der Waals surface area contributed by atoms with Gasteiger partial charge in [0, 0.05) is 26.2 Å². The van der Waals surface area contributed by atoms with Gasteiger partial charge in [0.05, 0.1) is 0 Å². The average Bonchev–Trinajstić information content (AvgIpc) is 3.52. The Morgan fingerprint density at radius 3 is 1.40 bits per heavy atom. The Labute approximate surface area is 150 Å². The van der Waals surface area contributed by atoms with Crippen LogP contribution < -0.4 is 15.6 Å². The highest BCUT2D eigenvalue weighted by atomic mass is 28.4. The average molecular weight is 346 g/mol. The normalized spacial score (nSPS) is 14.4. The highest BCUT2D eigenvalue weighted by molar-refractivity contribution is 7.07. The summed E-state index contributed by atoms with van der Waals surface area (Å²) in [6.07, 6.45) is 0. The van der Waals surface area contributed by atoms with Gasteiger partial charge in [0.15, 0.2) is 0 Å². The van der Waals surface area contributed by atoms with Gasteiger partial charge < -0.3 is 4.43 Å². The highest BCUT2D eigenvalue weighted by Gasteiger charge is 2.41. The largest absolute Gasteiger partial charge is 0.403 e. The van der Waals surface area contributed by atoms with Crippen molar-refractivity contribution in [1.82, 2.24) is 4.90 Å². The number of hydrogen-bond acceptors (Lipinski definition) is 2. The zero-order chi connectivity index (χ0) is 17.0. The van der Waals surface area contributed by atoms with Crippen LogP contribution in [0, 0.1) is 0 Å². The monoisotopic (exact) mass is 345 g/mol. The molecule has 0 amide bonds. The van der Waals surface area contributed by atoms with Crippen LogP contribution in [0.2, 0.25) is 0 Å². The Balaban J connectivity index is 1.84. The van der Waals surface area contributed by atoms with Crippen molar-refractivity contribution in [3.63, 3.8) is 0 Å². The summed E-state index contributed by atoms with van der Waals surface area (Å²) in [7, 11) is -2.49. The van der Waals surface area contributed by atoms with Crippen LogP contribution in [0.4, 0.5) is 0 Å². The van der Waals surface area contributed by atoms with Gasteiger partial charge in [0.2, 0.25) is 0 Å². The van der Waals surface area contributed by atoms with Crippen LogP contribution in [0.15, 0.2) is 91.0 Å². The second-order valence-corrected chi connectivity index (χ2v) is 9.85. The molecule has 1 aliphatic rings. The number of nitrogens with zero attached hydrogens (tertiary/aromatic N) is 1. The highest BCUT2D eigenvalue weighted by Crippen LogP contribution is 2.11. The fraction of sp³-hybridized carbons (Fsp3) is 0.182. The van der Waals surface area contributed by atoms with E-state index in [1.165, 1.54) is 28.6 Å². The second-order valence-electron chi connectivity index (χ2n) is 6.47. The molecule has 3 heteroatoms. The summed E-state index contributed by atoms with van der Waals surface area (Å²) in [6.45, 7) is 4.20. The van der Waals surface area contributed by atoms with Crippen molar-refractivity contribution in [2.75, 3.05) is 26.2 Å². The quantitative estimate of drug-likeness (QED) is 0.369. The van der Waals surface area contributed by atoms with Gasteiger partial charge in [-0.3, -0.25) is 4.90 Å². The molecular formula is C22H23NOSi. The third kappa shape index (κ3) is 3.44. The van der Waals surface area contributed by atoms with Crippen LogP contribution in [0.25, 0.3) is 0 Å². The molecule has 4 rings (SSSR count). The van der Waals surface area contributed by atoms with E-state index in [-0.39, 0.29) is 0 Å². The first-order valence-corrected chi connectivity index (χ1v) is 10.8. The molecule has 126 valence electrons. The fourth-order valence-electron chi connectivity index (χ4n) is 3.39. The van der Waals surface area contributed by atoms with Gasteiger partial charge in [0.25, 0.3) is 8.32 Å². The molecule has 0 aliphatic carbocycles. The smallest absolute Gasteiger partial charge is 0.288 e. The number of rotatable bonds is 7. The lowest BCUT2D eigenvalue weighted by molar-refractivity contribution is 0.296. The van der Waals surface area contributed by atoms with E-state index in [0.29, 0.717) is 0 Å². The summed E-state index contributed by atoms with van der Waals surface area (Å²) in [4.78, 5) is 2.42. The van der Waals surface area contributed by atoms with E-state index in [9.17, 15) is 0 Å². The third-order valence-electron chi connectivity index (χ3n) is 4.81. The van der Waals surface area contributed by atoms with Gasteiger partial charge in [-0.1, -0.05) is 91.0 Å². The van der Waals surface area contributed by atoms with Gasteiger partial charge >= 0.3 is 0 Å². The maximum Gasteiger partial charge on any atom is 0.288 e. The summed E-state index contributed by atoms with van der Waals surface area (Å²) >= 11 is 0. The van der Waals surface area contributed by atoms with Gasteiger partial charge in [-0.25, -0.2) is 0 Å². The minimum Gasteiger partial charge on any atom is -0.403 e. The minimum absolute atomic E-state index is 0.769. The third-order valence-corrected chi connectivity index (χ3v) is 8.88. The summed E-state index contributed by atoms with van der Waals surface area (Å²) in [5, 5.41) is 3.91. The number of benzene rings is 3. The molecule has 0 bridgehead atoms. The zero-order valence-corrected chi connectivity index (χ0v) is 15.3. The Morgan fingerprint density at radius 2 is 1.04 bits per heavy atom. The molecule has 1 heterocycles. The van der Waals surface area contributed by atoms with Crippen LogP contribution in [-0.2, 0) is 4.43 Å². The molecular weight excluding hydrogens is 322 g/mol. The van der Waals surface area contributed by atoms with E-state index < -0.39 is 8.32 Å². The zero-order valence-electron chi connectivity index (χ0n) is 14.3. The van der Waals surface area contributed by atoms with E-state index in [1.54, 1.807) is 0 Å². The maximum absolute atomic E-state index is 6.84. The van der Waals surface area contributed by atoms with E-state index in [0.717, 1.165) is 13.2 Å². The Bertz CT molecular complexity index is 691. The summed E-state index contributed by atoms with van der Waals surface area (Å²) < 4.78 is 6.84. The summed E-state index contributed by atoms with van der Waals surface area (Å²) in [6, 6.07) is 32.3. The molecule has 0 N–H and O–H groups in total. The van der Waals surface area contributed by atoms with Crippen LogP contribution >= 0.6 is 0 Å². The van der Waals surface area contributed by atoms with Crippen molar-refractivity contribution in [2.24, 2.45) is 0 Å². The van der Waals surface area contributed by atoms with Crippen molar-refractivity contribution in [3.05, 3.63) is 91.0 Å². The van der Waals surface area contributed by atoms with Crippen molar-refractivity contribution in [3.8, 4) is 0 Å². The van der Waals surface area contributed by atoms with Crippen molar-refractivity contribution >= 4 is 23.9 Å². The van der Waals surface area contributed by atoms with Gasteiger partial charge in [-0.15, -0.1) is 0 Å². The van der Waals surface area contributed by atoms with E-state index in [2.05, 4.69) is 95.9 Å². The fourth-order valence-corrected chi connectivity index (χ4v) is 7.27. The van der Waals surface area contributed by atoms with E-state index >= 15 is 0 Å². The van der Waals surface area contributed by atoms with E-state index in [1.807, 2.05) is 0 Å². The predicted molar refractivity (Wildman–Crippen MR) is 106 cm³/mol. The molecule has 0 unspecified atom stereocenters. The molecule has 25 heavy (non-hydrogen) atoms. The van der Waals surface area contributed by atoms with Crippen LogP contribution in [0.1, 0.15) is 0 Å². The molecule has 3 aromatic rings. The Morgan fingerprint density at radius 1 is 0.640 bits per heavy atom. The lowest BCUT2D eigenvalue weighted by Gasteiger charge is -2.33. The molecule has 1 saturated heterocycles. The molecule has 0 spiro atoms. The van der Waals surface area contributed by atoms with Gasteiger partial charge in [-0.2, -0.15) is 0 Å². The topological polar surface area (TPSA) is 12.2 Å². The molecule has 1 fully saturated rings. The molecule has 2 nitrogen and oxygen atoms in total. The lowest BCUT2D eigenvalue weighted by atomic mass is 10.3. The summed E-state index contributed by atoms with van der Waals surface area (Å²) in [5.74, 6) is 0. The Kier molecular flexibility index (Phi) is 4.79. The molecule has 3 aromatic carbocycles. The van der Waals surface area contributed by atoms with Crippen LogP contribution in [0.5, 0.6) is 0 Å². The SMILES string of the molecule is c1ccc([Si](OCCN2CC2)(c2ccccc2)c2ccccc2)cc1. The molecule has 0 atom stereocenters. The lowest BCUT2D eigenvalue weighted by Crippen LogP contribution is -2.69. The van der Waals surface area contributed by atoms with Gasteiger partial charge in [0.1, 0.15) is 0 Å². The van der Waals surface area contributed by atoms with Crippen LogP contribution in [-0.4, -0.2) is 39.5 Å².